The molecule has 28 heavy (non-hydrogen) atoms. The lowest BCUT2D eigenvalue weighted by Crippen LogP contribution is -2.47. The number of non-ortho nitro benzene ring substituents is 1. The molecule has 2 aromatic rings. The molecule has 152 valence electrons. The van der Waals surface area contributed by atoms with Crippen molar-refractivity contribution in [3.63, 3.8) is 0 Å². The Balaban J connectivity index is 1.58. The Labute approximate surface area is 164 Å². The molecule has 0 saturated carbocycles. The molecule has 0 N–H and O–H groups in total. The summed E-state index contributed by atoms with van der Waals surface area (Å²) in [7, 11) is 1.79. The third-order valence-electron chi connectivity index (χ3n) is 4.96. The van der Waals surface area contributed by atoms with E-state index in [0.29, 0.717) is 6.67 Å². The molecule has 2 heterocycles. The summed E-state index contributed by atoms with van der Waals surface area (Å²) in [4.78, 5) is 26.7. The molecule has 0 spiro atoms. The van der Waals surface area contributed by atoms with Crippen LogP contribution in [-0.2, 0) is 11.4 Å². The molecule has 1 aliphatic rings. The highest BCUT2D eigenvalue weighted by molar-refractivity contribution is 5.81. The number of carbonyl (C=O) groups is 1. The maximum Gasteiger partial charge on any atom is 0.410 e. The number of nitrogens with zero attached hydrogens (tertiary/aromatic N) is 5. The highest BCUT2D eigenvalue weighted by Gasteiger charge is 2.28. The van der Waals surface area contributed by atoms with E-state index in [1.54, 1.807) is 30.3 Å². The van der Waals surface area contributed by atoms with Crippen LogP contribution in [0.2, 0.25) is 0 Å². The van der Waals surface area contributed by atoms with Gasteiger partial charge in [0.15, 0.2) is 0 Å². The predicted octanol–water partition coefficient (Wildman–Crippen LogP) is 3.23. The number of rotatable bonds is 4. The Morgan fingerprint density at radius 3 is 2.64 bits per heavy atom. The van der Waals surface area contributed by atoms with E-state index in [9.17, 15) is 14.9 Å². The van der Waals surface area contributed by atoms with Gasteiger partial charge in [-0.3, -0.25) is 19.7 Å². The van der Waals surface area contributed by atoms with Crippen LogP contribution < -0.4 is 0 Å². The fourth-order valence-electron chi connectivity index (χ4n) is 3.42. The van der Waals surface area contributed by atoms with Crippen LogP contribution in [-0.4, -0.2) is 62.4 Å². The number of nitro benzene ring substituents is 1. The van der Waals surface area contributed by atoms with Crippen molar-refractivity contribution in [2.45, 2.75) is 51.9 Å². The molecule has 0 radical (unpaired) electrons. The number of ether oxygens (including phenoxy) is 1. The fourth-order valence-corrected chi connectivity index (χ4v) is 3.42. The monoisotopic (exact) mass is 389 g/mol. The van der Waals surface area contributed by atoms with E-state index >= 15 is 0 Å². The minimum absolute atomic E-state index is 0.0676. The van der Waals surface area contributed by atoms with Crippen molar-refractivity contribution in [3.8, 4) is 0 Å². The summed E-state index contributed by atoms with van der Waals surface area (Å²) in [6.45, 7) is 7.89. The number of benzene rings is 1. The van der Waals surface area contributed by atoms with Gasteiger partial charge >= 0.3 is 6.09 Å². The van der Waals surface area contributed by atoms with E-state index in [-0.39, 0.29) is 17.8 Å². The van der Waals surface area contributed by atoms with Crippen LogP contribution in [0.4, 0.5) is 10.5 Å². The topological polar surface area (TPSA) is 93.7 Å². The lowest BCUT2D eigenvalue weighted by atomic mass is 10.0. The molecule has 1 aromatic heterocycles. The first-order valence-corrected chi connectivity index (χ1v) is 9.42. The van der Waals surface area contributed by atoms with E-state index < -0.39 is 10.5 Å². The number of amides is 1. The SMILES string of the molecule is CN(C(=O)OC(C)(C)C)C1CCN(Cn2ncc3cc([N+](=O)[O-])ccc32)CC1. The third-order valence-corrected chi connectivity index (χ3v) is 4.96. The minimum atomic E-state index is -0.498. The molecule has 9 nitrogen and oxygen atoms in total. The van der Waals surface area contributed by atoms with Gasteiger partial charge in [-0.05, 0) is 39.7 Å². The van der Waals surface area contributed by atoms with Gasteiger partial charge in [0, 0.05) is 43.7 Å². The predicted molar refractivity (Wildman–Crippen MR) is 105 cm³/mol. The van der Waals surface area contributed by atoms with E-state index in [1.807, 2.05) is 25.5 Å². The van der Waals surface area contributed by atoms with Crippen molar-refractivity contribution in [3.05, 3.63) is 34.5 Å². The molecule has 0 bridgehead atoms. The lowest BCUT2D eigenvalue weighted by molar-refractivity contribution is -0.384. The fraction of sp³-hybridized carbons (Fsp3) is 0.579. The molecule has 1 aliphatic heterocycles. The third kappa shape index (κ3) is 4.59. The number of carbonyl (C=O) groups excluding carboxylic acids is 1. The first-order chi connectivity index (χ1) is 13.1. The molecule has 1 aromatic carbocycles. The highest BCUT2D eigenvalue weighted by Crippen LogP contribution is 2.22. The number of piperidine rings is 1. The van der Waals surface area contributed by atoms with Crippen molar-refractivity contribution in [1.29, 1.82) is 0 Å². The zero-order chi connectivity index (χ0) is 20.5. The van der Waals surface area contributed by atoms with Gasteiger partial charge in [0.25, 0.3) is 5.69 Å². The summed E-state index contributed by atoms with van der Waals surface area (Å²) in [5, 5.41) is 16.1. The first kappa shape index (κ1) is 20.1. The van der Waals surface area contributed by atoms with Gasteiger partial charge in [-0.2, -0.15) is 5.10 Å². The zero-order valence-corrected chi connectivity index (χ0v) is 16.8. The molecule has 3 rings (SSSR count). The second kappa shape index (κ2) is 7.75. The van der Waals surface area contributed by atoms with Crippen LogP contribution in [0.1, 0.15) is 33.6 Å². The van der Waals surface area contributed by atoms with Crippen molar-refractivity contribution in [2.75, 3.05) is 20.1 Å². The Morgan fingerprint density at radius 2 is 2.04 bits per heavy atom. The van der Waals surface area contributed by atoms with Crippen molar-refractivity contribution in [2.24, 2.45) is 0 Å². The van der Waals surface area contributed by atoms with Gasteiger partial charge in [-0.1, -0.05) is 0 Å². The van der Waals surface area contributed by atoms with Gasteiger partial charge in [-0.25, -0.2) is 4.79 Å². The first-order valence-electron chi connectivity index (χ1n) is 9.42. The Morgan fingerprint density at radius 1 is 1.36 bits per heavy atom. The lowest BCUT2D eigenvalue weighted by Gasteiger charge is -2.37. The molecular weight excluding hydrogens is 362 g/mol. The van der Waals surface area contributed by atoms with Crippen molar-refractivity contribution < 1.29 is 14.5 Å². The molecule has 1 saturated heterocycles. The smallest absolute Gasteiger partial charge is 0.410 e. The molecule has 0 unspecified atom stereocenters. The summed E-state index contributed by atoms with van der Waals surface area (Å²) in [6, 6.07) is 4.94. The van der Waals surface area contributed by atoms with E-state index in [4.69, 9.17) is 4.74 Å². The maximum absolute atomic E-state index is 12.2. The quantitative estimate of drug-likeness (QED) is 0.589. The van der Waals surface area contributed by atoms with E-state index in [0.717, 1.165) is 36.8 Å². The van der Waals surface area contributed by atoms with Crippen molar-refractivity contribution >= 4 is 22.7 Å². The number of fused-ring (bicyclic) bond motifs is 1. The number of hydrogen-bond donors (Lipinski definition) is 0. The second-order valence-electron chi connectivity index (χ2n) is 8.23. The highest BCUT2D eigenvalue weighted by atomic mass is 16.6. The average Bonchev–Trinajstić information content (AvgIpc) is 3.02. The van der Waals surface area contributed by atoms with E-state index in [2.05, 4.69) is 10.00 Å². The summed E-state index contributed by atoms with van der Waals surface area (Å²) in [5.74, 6) is 0. The molecule has 9 heteroatoms. The minimum Gasteiger partial charge on any atom is -0.444 e. The second-order valence-corrected chi connectivity index (χ2v) is 8.23. The maximum atomic E-state index is 12.2. The van der Waals surface area contributed by atoms with Crippen LogP contribution in [0, 0.1) is 10.1 Å². The summed E-state index contributed by atoms with van der Waals surface area (Å²) >= 11 is 0. The van der Waals surface area contributed by atoms with E-state index in [1.165, 1.54) is 6.07 Å². The molecule has 0 atom stereocenters. The van der Waals surface area contributed by atoms with Crippen LogP contribution in [0.15, 0.2) is 24.4 Å². The van der Waals surface area contributed by atoms with Gasteiger partial charge in [-0.15, -0.1) is 0 Å². The van der Waals surface area contributed by atoms with Crippen LogP contribution in [0.25, 0.3) is 10.9 Å². The number of nitro groups is 1. The molecule has 0 aliphatic carbocycles. The normalized spacial score (nSPS) is 16.3. The Hall–Kier alpha value is -2.68. The van der Waals surface area contributed by atoms with Gasteiger partial charge in [0.05, 0.1) is 23.3 Å². The number of likely N-dealkylation sites (tertiary alicyclic amines) is 1. The zero-order valence-electron chi connectivity index (χ0n) is 16.8. The van der Waals surface area contributed by atoms with Gasteiger partial charge in [0.2, 0.25) is 0 Å². The summed E-state index contributed by atoms with van der Waals surface area (Å²) in [5.41, 5.74) is 0.444. The summed E-state index contributed by atoms with van der Waals surface area (Å²) < 4.78 is 7.31. The largest absolute Gasteiger partial charge is 0.444 e. The van der Waals surface area contributed by atoms with Gasteiger partial charge in [0.1, 0.15) is 5.60 Å². The average molecular weight is 389 g/mol. The van der Waals surface area contributed by atoms with Crippen LogP contribution in [0.5, 0.6) is 0 Å². The molecular formula is C19H27N5O4. The Kier molecular flexibility index (Phi) is 5.55. The van der Waals surface area contributed by atoms with Crippen LogP contribution in [0.3, 0.4) is 0 Å². The molecule has 1 amide bonds. The number of aromatic nitrogens is 2. The standard InChI is InChI=1S/C19H27N5O4/c1-19(2,3)28-18(25)21(4)15-7-9-22(10-8-15)13-23-17-6-5-16(24(26)27)11-14(17)12-20-23/h5-6,11-12,15H,7-10,13H2,1-4H3. The van der Waals surface area contributed by atoms with Crippen LogP contribution >= 0.6 is 0 Å². The molecule has 1 fully saturated rings. The van der Waals surface area contributed by atoms with Crippen molar-refractivity contribution in [1.82, 2.24) is 19.6 Å². The van der Waals surface area contributed by atoms with Gasteiger partial charge < -0.3 is 9.64 Å². The number of hydrogen-bond acceptors (Lipinski definition) is 6. The Bertz CT molecular complexity index is 865. The summed E-state index contributed by atoms with van der Waals surface area (Å²) in [6.07, 6.45) is 3.09.